The second-order valence-electron chi connectivity index (χ2n) is 6.83. The number of carbonyl (C=O) groups excluding carboxylic acids is 1. The van der Waals surface area contributed by atoms with Crippen molar-refractivity contribution in [2.24, 2.45) is 5.41 Å². The standard InChI is InChI=1S/C19H21BrFNO/c1-19(2,3)12-17(14-9-10-15(20)16(21)11-14)22-18(23)13-7-5-4-6-8-13/h4-11,17H,12H2,1-3H3,(H,22,23). The fourth-order valence-electron chi connectivity index (χ4n) is 2.42. The van der Waals surface area contributed by atoms with Gasteiger partial charge in [0, 0.05) is 5.56 Å². The van der Waals surface area contributed by atoms with E-state index in [2.05, 4.69) is 42.0 Å². The predicted octanol–water partition coefficient (Wildman–Crippen LogP) is 5.50. The van der Waals surface area contributed by atoms with Gasteiger partial charge in [0.15, 0.2) is 0 Å². The first-order chi connectivity index (χ1) is 10.8. The predicted molar refractivity (Wildman–Crippen MR) is 94.8 cm³/mol. The van der Waals surface area contributed by atoms with Crippen LogP contribution in [0.25, 0.3) is 0 Å². The summed E-state index contributed by atoms with van der Waals surface area (Å²) in [5, 5.41) is 3.03. The van der Waals surface area contributed by atoms with Crippen molar-refractivity contribution in [3.05, 3.63) is 69.9 Å². The minimum Gasteiger partial charge on any atom is -0.345 e. The van der Waals surface area contributed by atoms with Crippen molar-refractivity contribution < 1.29 is 9.18 Å². The highest BCUT2D eigenvalue weighted by molar-refractivity contribution is 9.10. The van der Waals surface area contributed by atoms with Crippen molar-refractivity contribution >= 4 is 21.8 Å². The van der Waals surface area contributed by atoms with Crippen LogP contribution in [0.2, 0.25) is 0 Å². The lowest BCUT2D eigenvalue weighted by atomic mass is 9.85. The summed E-state index contributed by atoms with van der Waals surface area (Å²) in [5.74, 6) is -0.474. The number of amides is 1. The van der Waals surface area contributed by atoms with Gasteiger partial charge in [0.25, 0.3) is 5.91 Å². The molecule has 2 nitrogen and oxygen atoms in total. The third kappa shape index (κ3) is 5.17. The second kappa shape index (κ2) is 7.26. The number of rotatable bonds is 4. The third-order valence-corrected chi connectivity index (χ3v) is 4.15. The van der Waals surface area contributed by atoms with Gasteiger partial charge in [0.05, 0.1) is 10.5 Å². The summed E-state index contributed by atoms with van der Waals surface area (Å²) in [6.07, 6.45) is 0.715. The lowest BCUT2D eigenvalue weighted by molar-refractivity contribution is 0.0926. The van der Waals surface area contributed by atoms with Gasteiger partial charge < -0.3 is 5.32 Å². The minimum absolute atomic E-state index is 0.00180. The smallest absolute Gasteiger partial charge is 0.251 e. The number of hydrogen-bond acceptors (Lipinski definition) is 1. The largest absolute Gasteiger partial charge is 0.345 e. The maximum Gasteiger partial charge on any atom is 0.251 e. The highest BCUT2D eigenvalue weighted by Crippen LogP contribution is 2.31. The summed E-state index contributed by atoms with van der Waals surface area (Å²) < 4.78 is 14.3. The van der Waals surface area contributed by atoms with Crippen LogP contribution >= 0.6 is 15.9 Å². The lowest BCUT2D eigenvalue weighted by Crippen LogP contribution is -2.31. The van der Waals surface area contributed by atoms with Crippen LogP contribution in [0.5, 0.6) is 0 Å². The molecule has 0 fully saturated rings. The van der Waals surface area contributed by atoms with Crippen molar-refractivity contribution in [2.45, 2.75) is 33.2 Å². The van der Waals surface area contributed by atoms with Gasteiger partial charge in [0.2, 0.25) is 0 Å². The van der Waals surface area contributed by atoms with Gasteiger partial charge >= 0.3 is 0 Å². The Hall–Kier alpha value is -1.68. The molecule has 0 saturated heterocycles. The van der Waals surface area contributed by atoms with E-state index in [1.807, 2.05) is 24.3 Å². The van der Waals surface area contributed by atoms with Crippen molar-refractivity contribution in [3.8, 4) is 0 Å². The fraction of sp³-hybridized carbons (Fsp3) is 0.316. The summed E-state index contributed by atoms with van der Waals surface area (Å²) in [7, 11) is 0. The van der Waals surface area contributed by atoms with E-state index >= 15 is 0 Å². The first-order valence-electron chi connectivity index (χ1n) is 7.57. The highest BCUT2D eigenvalue weighted by atomic mass is 79.9. The van der Waals surface area contributed by atoms with E-state index in [0.717, 1.165) is 5.56 Å². The maximum atomic E-state index is 13.9. The van der Waals surface area contributed by atoms with E-state index in [4.69, 9.17) is 0 Å². The van der Waals surface area contributed by atoms with Crippen LogP contribution in [0, 0.1) is 11.2 Å². The van der Waals surface area contributed by atoms with Gasteiger partial charge in [-0.05, 0) is 57.6 Å². The molecule has 0 aromatic heterocycles. The van der Waals surface area contributed by atoms with Gasteiger partial charge in [-0.25, -0.2) is 4.39 Å². The van der Waals surface area contributed by atoms with Crippen LogP contribution in [0.1, 0.15) is 49.2 Å². The summed E-state index contributed by atoms with van der Waals surface area (Å²) >= 11 is 3.17. The lowest BCUT2D eigenvalue weighted by Gasteiger charge is -2.27. The number of benzene rings is 2. The van der Waals surface area contributed by atoms with E-state index in [1.165, 1.54) is 6.07 Å². The molecule has 0 aliphatic rings. The Morgan fingerprint density at radius 1 is 1.17 bits per heavy atom. The molecule has 1 N–H and O–H groups in total. The molecular weight excluding hydrogens is 357 g/mol. The fourth-order valence-corrected chi connectivity index (χ4v) is 2.67. The Morgan fingerprint density at radius 2 is 1.83 bits per heavy atom. The van der Waals surface area contributed by atoms with Gasteiger partial charge in [0.1, 0.15) is 5.82 Å². The van der Waals surface area contributed by atoms with Crippen molar-refractivity contribution in [1.29, 1.82) is 0 Å². The Balaban J connectivity index is 2.27. The molecule has 0 spiro atoms. The number of halogens is 2. The zero-order valence-electron chi connectivity index (χ0n) is 13.6. The van der Waals surface area contributed by atoms with Crippen LogP contribution in [-0.2, 0) is 0 Å². The third-order valence-electron chi connectivity index (χ3n) is 3.50. The van der Waals surface area contributed by atoms with E-state index in [0.29, 0.717) is 16.5 Å². The van der Waals surface area contributed by atoms with Gasteiger partial charge in [-0.1, -0.05) is 45.0 Å². The molecule has 0 saturated carbocycles. The summed E-state index contributed by atoms with van der Waals surface area (Å²) in [6.45, 7) is 6.30. The zero-order valence-corrected chi connectivity index (χ0v) is 15.2. The van der Waals surface area contributed by atoms with Crippen LogP contribution in [0.3, 0.4) is 0 Å². The molecule has 0 bridgehead atoms. The van der Waals surface area contributed by atoms with E-state index in [1.54, 1.807) is 18.2 Å². The Bertz CT molecular complexity index is 680. The second-order valence-corrected chi connectivity index (χ2v) is 7.68. The van der Waals surface area contributed by atoms with Crippen molar-refractivity contribution in [2.75, 3.05) is 0 Å². The molecule has 2 aromatic rings. The molecule has 0 aliphatic heterocycles. The Kier molecular flexibility index (Phi) is 5.58. The highest BCUT2D eigenvalue weighted by Gasteiger charge is 2.23. The van der Waals surface area contributed by atoms with Crippen LogP contribution in [0.4, 0.5) is 4.39 Å². The average molecular weight is 378 g/mol. The van der Waals surface area contributed by atoms with Crippen molar-refractivity contribution in [3.63, 3.8) is 0 Å². The maximum absolute atomic E-state index is 13.9. The molecule has 122 valence electrons. The SMILES string of the molecule is CC(C)(C)CC(NC(=O)c1ccccc1)c1ccc(Br)c(F)c1. The molecule has 0 radical (unpaired) electrons. The number of hydrogen-bond donors (Lipinski definition) is 1. The quantitative estimate of drug-likeness (QED) is 0.748. The summed E-state index contributed by atoms with van der Waals surface area (Å²) in [5.41, 5.74) is 1.37. The van der Waals surface area contributed by atoms with Crippen molar-refractivity contribution in [1.82, 2.24) is 5.32 Å². The molecule has 1 unspecified atom stereocenters. The molecule has 2 aromatic carbocycles. The van der Waals surface area contributed by atoms with E-state index in [-0.39, 0.29) is 23.2 Å². The van der Waals surface area contributed by atoms with Crippen LogP contribution in [-0.4, -0.2) is 5.91 Å². The number of carbonyl (C=O) groups is 1. The first-order valence-corrected chi connectivity index (χ1v) is 8.36. The Morgan fingerprint density at radius 3 is 2.39 bits per heavy atom. The molecule has 0 heterocycles. The van der Waals surface area contributed by atoms with E-state index < -0.39 is 0 Å². The number of nitrogens with one attached hydrogen (secondary N) is 1. The topological polar surface area (TPSA) is 29.1 Å². The zero-order chi connectivity index (χ0) is 17.0. The molecule has 1 atom stereocenters. The van der Waals surface area contributed by atoms with Gasteiger partial charge in [-0.2, -0.15) is 0 Å². The summed E-state index contributed by atoms with van der Waals surface area (Å²) in [4.78, 5) is 12.5. The first kappa shape index (κ1) is 17.7. The van der Waals surface area contributed by atoms with Crippen LogP contribution < -0.4 is 5.32 Å². The van der Waals surface area contributed by atoms with Crippen LogP contribution in [0.15, 0.2) is 53.0 Å². The monoisotopic (exact) mass is 377 g/mol. The molecule has 23 heavy (non-hydrogen) atoms. The molecule has 0 aliphatic carbocycles. The molecule has 1 amide bonds. The Labute approximate surface area is 145 Å². The van der Waals surface area contributed by atoms with Gasteiger partial charge in [-0.15, -0.1) is 0 Å². The summed E-state index contributed by atoms with van der Waals surface area (Å²) in [6, 6.07) is 13.8. The minimum atomic E-state index is -0.324. The molecule has 2 rings (SSSR count). The average Bonchev–Trinajstić information content (AvgIpc) is 2.49. The molecule has 4 heteroatoms. The molecular formula is C19H21BrFNO. The normalized spacial score (nSPS) is 12.7. The van der Waals surface area contributed by atoms with Gasteiger partial charge in [-0.3, -0.25) is 4.79 Å². The van der Waals surface area contributed by atoms with E-state index in [9.17, 15) is 9.18 Å².